The van der Waals surface area contributed by atoms with Crippen molar-refractivity contribution in [2.45, 2.75) is 53.4 Å². The highest BCUT2D eigenvalue weighted by Crippen LogP contribution is 2.27. The predicted octanol–water partition coefficient (Wildman–Crippen LogP) is 6.80. The number of allylic oxidation sites excluding steroid dienone is 5. The summed E-state index contributed by atoms with van der Waals surface area (Å²) in [6.07, 6.45) is 10.4. The lowest BCUT2D eigenvalue weighted by Crippen LogP contribution is -2.10. The largest absolute Gasteiger partial charge is 0.115 e. The van der Waals surface area contributed by atoms with Gasteiger partial charge in [-0.2, -0.15) is 0 Å². The highest BCUT2D eigenvalue weighted by molar-refractivity contribution is 5.81. The number of terminal acetylenes is 1. The molecule has 0 aromatic heterocycles. The Morgan fingerprint density at radius 1 is 1.16 bits per heavy atom. The van der Waals surface area contributed by atoms with Gasteiger partial charge in [0, 0.05) is 5.57 Å². The Morgan fingerprint density at radius 3 is 2.12 bits per heavy atom. The van der Waals surface area contributed by atoms with Gasteiger partial charge in [0.05, 0.1) is 0 Å². The van der Waals surface area contributed by atoms with E-state index >= 15 is 0 Å². The third-order valence-electron chi connectivity index (χ3n) is 4.79. The SMILES string of the molecule is [CH]=C(CC(C)C(C)C)C(/C=C(\C#C)c1ccc(C(C)(C)C)cc1)=C/[CH2]. The first-order chi connectivity index (χ1) is 11.6. The van der Waals surface area contributed by atoms with E-state index in [-0.39, 0.29) is 5.41 Å². The molecule has 0 fully saturated rings. The van der Waals surface area contributed by atoms with Crippen LogP contribution in [0, 0.1) is 37.7 Å². The molecule has 1 atom stereocenters. The van der Waals surface area contributed by atoms with Gasteiger partial charge in [-0.25, -0.2) is 0 Å². The van der Waals surface area contributed by atoms with Crippen molar-refractivity contribution in [1.29, 1.82) is 0 Å². The van der Waals surface area contributed by atoms with Crippen molar-refractivity contribution in [3.63, 3.8) is 0 Å². The molecule has 1 aromatic rings. The zero-order valence-corrected chi connectivity index (χ0v) is 16.7. The van der Waals surface area contributed by atoms with Crippen LogP contribution >= 0.6 is 0 Å². The maximum atomic E-state index is 6.32. The Kier molecular flexibility index (Phi) is 7.50. The number of rotatable bonds is 6. The van der Waals surface area contributed by atoms with Gasteiger partial charge in [0.2, 0.25) is 0 Å². The molecule has 1 aromatic carbocycles. The maximum Gasteiger partial charge on any atom is 0.0320 e. The molecule has 0 aliphatic heterocycles. The zero-order chi connectivity index (χ0) is 19.2. The van der Waals surface area contributed by atoms with Crippen LogP contribution in [-0.2, 0) is 5.41 Å². The fourth-order valence-corrected chi connectivity index (χ4v) is 2.50. The summed E-state index contributed by atoms with van der Waals surface area (Å²) in [6.45, 7) is 23.5. The predicted molar refractivity (Wildman–Crippen MR) is 112 cm³/mol. The standard InChI is InChI=1S/C25H32/c1-10-21(20(6)16-19(5)18(3)4)17-22(11-2)23-12-14-24(15-13-23)25(7,8)9/h2,6,10,12-15,17-19H,1,16H2,3-5,7-9H3/b20-6?,21-10+,22-17+. The van der Waals surface area contributed by atoms with E-state index in [9.17, 15) is 0 Å². The number of hydrogen-bond acceptors (Lipinski definition) is 0. The highest BCUT2D eigenvalue weighted by atomic mass is 14.2. The van der Waals surface area contributed by atoms with Crippen molar-refractivity contribution in [2.24, 2.45) is 11.8 Å². The molecule has 0 bridgehead atoms. The monoisotopic (exact) mass is 332 g/mol. The van der Waals surface area contributed by atoms with Gasteiger partial charge in [0.25, 0.3) is 0 Å². The summed E-state index contributed by atoms with van der Waals surface area (Å²) in [5.74, 6) is 3.90. The third kappa shape index (κ3) is 6.09. The van der Waals surface area contributed by atoms with Crippen LogP contribution in [0.1, 0.15) is 59.1 Å². The summed E-state index contributed by atoms with van der Waals surface area (Å²) in [5.41, 5.74) is 5.03. The lowest BCUT2D eigenvalue weighted by molar-refractivity contribution is 0.418. The smallest absolute Gasteiger partial charge is 0.0320 e. The lowest BCUT2D eigenvalue weighted by atomic mass is 9.85. The minimum Gasteiger partial charge on any atom is -0.115 e. The second kappa shape index (κ2) is 8.91. The molecule has 25 heavy (non-hydrogen) atoms. The molecular formula is C25H32. The molecule has 0 heteroatoms. The van der Waals surface area contributed by atoms with E-state index in [0.29, 0.717) is 11.8 Å². The van der Waals surface area contributed by atoms with Gasteiger partial charge in [0.1, 0.15) is 0 Å². The number of hydrogen-bond donors (Lipinski definition) is 0. The van der Waals surface area contributed by atoms with Crippen LogP contribution < -0.4 is 0 Å². The first kappa shape index (κ1) is 21.0. The summed E-state index contributed by atoms with van der Waals surface area (Å²) < 4.78 is 0. The second-order valence-electron chi connectivity index (χ2n) is 8.14. The molecule has 132 valence electrons. The van der Waals surface area contributed by atoms with Gasteiger partial charge in [0.15, 0.2) is 0 Å². The average Bonchev–Trinajstić information content (AvgIpc) is 2.55. The molecule has 0 spiro atoms. The van der Waals surface area contributed by atoms with Crippen LogP contribution in [0.3, 0.4) is 0 Å². The molecule has 0 heterocycles. The Labute approximate surface area is 155 Å². The van der Waals surface area contributed by atoms with E-state index in [1.54, 1.807) is 6.08 Å². The maximum absolute atomic E-state index is 6.32. The lowest BCUT2D eigenvalue weighted by Gasteiger charge is -2.19. The molecule has 0 aliphatic carbocycles. The molecule has 1 rings (SSSR count). The minimum absolute atomic E-state index is 0.127. The Bertz CT molecular complexity index is 679. The van der Waals surface area contributed by atoms with Gasteiger partial charge in [-0.15, -0.1) is 6.42 Å². The molecule has 0 nitrogen and oxygen atoms in total. The Morgan fingerprint density at radius 2 is 1.72 bits per heavy atom. The van der Waals surface area contributed by atoms with Crippen LogP contribution in [0.4, 0.5) is 0 Å². The quantitative estimate of drug-likeness (QED) is 0.397. The first-order valence-corrected chi connectivity index (χ1v) is 9.00. The van der Waals surface area contributed by atoms with Crippen LogP contribution in [0.25, 0.3) is 5.57 Å². The van der Waals surface area contributed by atoms with Crippen LogP contribution in [0.5, 0.6) is 0 Å². The summed E-state index contributed by atoms with van der Waals surface area (Å²) in [7, 11) is 0. The van der Waals surface area contributed by atoms with Crippen LogP contribution in [0.15, 0.2) is 47.6 Å². The summed E-state index contributed by atoms with van der Waals surface area (Å²) in [6, 6.07) is 8.45. The van der Waals surface area contributed by atoms with Crippen molar-refractivity contribution in [2.75, 3.05) is 0 Å². The van der Waals surface area contributed by atoms with E-state index in [4.69, 9.17) is 13.0 Å². The van der Waals surface area contributed by atoms with E-state index < -0.39 is 0 Å². The fourth-order valence-electron chi connectivity index (χ4n) is 2.50. The van der Waals surface area contributed by atoms with Crippen molar-refractivity contribution >= 4 is 5.57 Å². The van der Waals surface area contributed by atoms with Gasteiger partial charge in [-0.05, 0) is 58.9 Å². The van der Waals surface area contributed by atoms with E-state index in [2.05, 4.69) is 78.7 Å². The molecule has 0 N–H and O–H groups in total. The summed E-state index contributed by atoms with van der Waals surface area (Å²) in [5, 5.41) is 0. The van der Waals surface area contributed by atoms with E-state index in [1.807, 2.05) is 6.08 Å². The molecule has 0 amide bonds. The van der Waals surface area contributed by atoms with Crippen molar-refractivity contribution in [3.05, 3.63) is 72.2 Å². The molecule has 0 aliphatic rings. The summed E-state index contributed by atoms with van der Waals surface area (Å²) >= 11 is 0. The van der Waals surface area contributed by atoms with Gasteiger partial charge >= 0.3 is 0 Å². The average molecular weight is 333 g/mol. The fraction of sp³-hybridized carbons (Fsp3) is 0.400. The Balaban J connectivity index is 3.08. The second-order valence-corrected chi connectivity index (χ2v) is 8.14. The Hall–Kier alpha value is -2.00. The summed E-state index contributed by atoms with van der Waals surface area (Å²) in [4.78, 5) is 0. The number of benzene rings is 1. The van der Waals surface area contributed by atoms with Crippen molar-refractivity contribution in [3.8, 4) is 12.3 Å². The molecule has 0 saturated heterocycles. The molecule has 2 radical (unpaired) electrons. The van der Waals surface area contributed by atoms with Crippen LogP contribution in [0.2, 0.25) is 0 Å². The van der Waals surface area contributed by atoms with E-state index in [0.717, 1.165) is 28.7 Å². The topological polar surface area (TPSA) is 0 Å². The minimum atomic E-state index is 0.127. The van der Waals surface area contributed by atoms with Crippen molar-refractivity contribution in [1.82, 2.24) is 0 Å². The molecule has 1 unspecified atom stereocenters. The van der Waals surface area contributed by atoms with Crippen molar-refractivity contribution < 1.29 is 0 Å². The van der Waals surface area contributed by atoms with E-state index in [1.165, 1.54) is 5.56 Å². The van der Waals surface area contributed by atoms with Crippen LogP contribution in [-0.4, -0.2) is 0 Å². The normalized spacial score (nSPS) is 14.4. The third-order valence-corrected chi connectivity index (χ3v) is 4.79. The highest BCUT2D eigenvalue weighted by Gasteiger charge is 2.14. The zero-order valence-electron chi connectivity index (χ0n) is 16.7. The molecule has 0 saturated carbocycles. The van der Waals surface area contributed by atoms with Gasteiger partial charge in [-0.1, -0.05) is 84.4 Å². The van der Waals surface area contributed by atoms with Gasteiger partial charge in [-0.3, -0.25) is 0 Å². The molecular weight excluding hydrogens is 300 g/mol. The van der Waals surface area contributed by atoms with Gasteiger partial charge < -0.3 is 0 Å². The first-order valence-electron chi connectivity index (χ1n) is 9.00.